The topological polar surface area (TPSA) is 90.2 Å². The van der Waals surface area contributed by atoms with E-state index in [2.05, 4.69) is 12.1 Å². The quantitative estimate of drug-likeness (QED) is 0.460. The smallest absolute Gasteiger partial charge is 0.184 e. The van der Waals surface area contributed by atoms with Crippen LogP contribution in [0.25, 0.3) is 10.8 Å². The number of thioether (sulfide) groups is 1. The minimum Gasteiger partial charge on any atom is -0.387 e. The van der Waals surface area contributed by atoms with Crippen molar-refractivity contribution in [3.8, 4) is 0 Å². The molecule has 1 heterocycles. The molecule has 4 rings (SSSR count). The Morgan fingerprint density at radius 3 is 2.23 bits per heavy atom. The van der Waals surface area contributed by atoms with E-state index < -0.39 is 30.7 Å². The standard InChI is InChI=1S/C23H23ClO5S/c1-30-14-8-6-12(7-9-14)10-13-11-17(15-4-2-3-5-16(15)18(13)24)22-20(26)19(25)21(27)23(28)29-22/h2-9,11,19-23,25-28H,10H2,1H3/t19-,20-,21+,22+,23+/m1/s1. The Kier molecular flexibility index (Phi) is 6.36. The Hall–Kier alpha value is -1.64. The summed E-state index contributed by atoms with van der Waals surface area (Å²) in [5, 5.41) is 42.7. The first-order valence-corrected chi connectivity index (χ1v) is 11.2. The summed E-state index contributed by atoms with van der Waals surface area (Å²) in [6.45, 7) is 0. The van der Waals surface area contributed by atoms with Crippen molar-refractivity contribution in [3.63, 3.8) is 0 Å². The van der Waals surface area contributed by atoms with Gasteiger partial charge in [-0.05, 0) is 46.9 Å². The van der Waals surface area contributed by atoms with Crippen LogP contribution in [0, 0.1) is 0 Å². The first-order valence-electron chi connectivity index (χ1n) is 9.61. The summed E-state index contributed by atoms with van der Waals surface area (Å²) in [5.74, 6) is 0. The molecule has 30 heavy (non-hydrogen) atoms. The van der Waals surface area contributed by atoms with E-state index in [1.54, 1.807) is 11.8 Å². The van der Waals surface area contributed by atoms with Gasteiger partial charge in [0.15, 0.2) is 6.29 Å². The van der Waals surface area contributed by atoms with Crippen molar-refractivity contribution in [2.45, 2.75) is 42.0 Å². The minimum absolute atomic E-state index is 0.571. The molecule has 0 bridgehead atoms. The summed E-state index contributed by atoms with van der Waals surface area (Å²) in [4.78, 5) is 1.17. The number of aliphatic hydroxyl groups excluding tert-OH is 4. The third kappa shape index (κ3) is 3.97. The minimum atomic E-state index is -1.61. The van der Waals surface area contributed by atoms with Crippen LogP contribution in [0.3, 0.4) is 0 Å². The lowest BCUT2D eigenvalue weighted by molar-refractivity contribution is -0.284. The maximum Gasteiger partial charge on any atom is 0.184 e. The second kappa shape index (κ2) is 8.85. The molecule has 0 radical (unpaired) electrons. The fourth-order valence-electron chi connectivity index (χ4n) is 3.87. The number of hydrogen-bond acceptors (Lipinski definition) is 6. The Morgan fingerprint density at radius 1 is 0.900 bits per heavy atom. The van der Waals surface area contributed by atoms with Gasteiger partial charge in [-0.1, -0.05) is 54.1 Å². The molecule has 5 nitrogen and oxygen atoms in total. The molecule has 0 spiro atoms. The number of benzene rings is 3. The summed E-state index contributed by atoms with van der Waals surface area (Å²) in [6.07, 6.45) is -4.54. The molecule has 0 aromatic heterocycles. The zero-order valence-corrected chi connectivity index (χ0v) is 17.8. The van der Waals surface area contributed by atoms with Crippen LogP contribution >= 0.6 is 23.4 Å². The number of aliphatic hydroxyl groups is 4. The highest BCUT2D eigenvalue weighted by molar-refractivity contribution is 7.98. The molecule has 3 aromatic carbocycles. The first-order chi connectivity index (χ1) is 14.4. The molecule has 1 fully saturated rings. The molecule has 7 heteroatoms. The number of fused-ring (bicyclic) bond motifs is 1. The van der Waals surface area contributed by atoms with Gasteiger partial charge in [-0.2, -0.15) is 0 Å². The zero-order chi connectivity index (χ0) is 21.4. The van der Waals surface area contributed by atoms with Gasteiger partial charge in [-0.15, -0.1) is 11.8 Å². The molecule has 3 aromatic rings. The molecular weight excluding hydrogens is 424 g/mol. The molecule has 0 saturated carbocycles. The lowest BCUT2D eigenvalue weighted by atomic mass is 9.88. The summed E-state index contributed by atoms with van der Waals surface area (Å²) >= 11 is 8.40. The molecule has 4 N–H and O–H groups in total. The van der Waals surface area contributed by atoms with E-state index in [-0.39, 0.29) is 0 Å². The maximum atomic E-state index is 10.6. The Balaban J connectivity index is 1.80. The SMILES string of the molecule is CSc1ccc(Cc2cc([C@@H]3O[C@H](O)[C@@H](O)[C@H](O)[C@H]3O)c3ccccc3c2Cl)cc1. The van der Waals surface area contributed by atoms with E-state index in [0.717, 1.165) is 21.9 Å². The average Bonchev–Trinajstić information content (AvgIpc) is 2.77. The van der Waals surface area contributed by atoms with E-state index in [9.17, 15) is 20.4 Å². The fraction of sp³-hybridized carbons (Fsp3) is 0.304. The fourth-order valence-corrected chi connectivity index (χ4v) is 4.57. The summed E-state index contributed by atoms with van der Waals surface area (Å²) < 4.78 is 5.50. The van der Waals surface area contributed by atoms with E-state index >= 15 is 0 Å². The number of rotatable bonds is 4. The first kappa shape index (κ1) is 21.6. The molecule has 0 amide bonds. The summed E-state index contributed by atoms with van der Waals surface area (Å²) in [5.41, 5.74) is 2.52. The van der Waals surface area contributed by atoms with Crippen molar-refractivity contribution in [2.24, 2.45) is 0 Å². The molecule has 1 aliphatic heterocycles. The predicted molar refractivity (Wildman–Crippen MR) is 118 cm³/mol. The van der Waals surface area contributed by atoms with Gasteiger partial charge in [0.05, 0.1) is 5.02 Å². The second-order valence-corrected chi connectivity index (χ2v) is 8.69. The van der Waals surface area contributed by atoms with Crippen LogP contribution in [0.5, 0.6) is 0 Å². The number of hydrogen-bond donors (Lipinski definition) is 4. The number of halogens is 1. The lowest BCUT2D eigenvalue weighted by Gasteiger charge is -2.39. The largest absolute Gasteiger partial charge is 0.387 e. The van der Waals surface area contributed by atoms with Crippen LogP contribution in [-0.2, 0) is 11.2 Å². The Bertz CT molecular complexity index is 1040. The second-order valence-electron chi connectivity index (χ2n) is 7.43. The highest BCUT2D eigenvalue weighted by atomic mass is 35.5. The van der Waals surface area contributed by atoms with Crippen LogP contribution in [0.2, 0.25) is 5.02 Å². The van der Waals surface area contributed by atoms with Crippen molar-refractivity contribution in [1.29, 1.82) is 0 Å². The van der Waals surface area contributed by atoms with Gasteiger partial charge < -0.3 is 25.2 Å². The summed E-state index contributed by atoms with van der Waals surface area (Å²) in [6, 6.07) is 17.5. The normalized spacial score (nSPS) is 26.8. The van der Waals surface area contributed by atoms with Crippen LogP contribution in [0.15, 0.2) is 59.5 Å². The van der Waals surface area contributed by atoms with Gasteiger partial charge in [-0.3, -0.25) is 0 Å². The van der Waals surface area contributed by atoms with Gasteiger partial charge in [0.25, 0.3) is 0 Å². The summed E-state index contributed by atoms with van der Waals surface area (Å²) in [7, 11) is 0. The van der Waals surface area contributed by atoms with Gasteiger partial charge in [0.2, 0.25) is 0 Å². The number of ether oxygens (including phenoxy) is 1. The van der Waals surface area contributed by atoms with Gasteiger partial charge in [0.1, 0.15) is 24.4 Å². The van der Waals surface area contributed by atoms with Crippen molar-refractivity contribution in [3.05, 3.63) is 76.3 Å². The molecular formula is C23H23ClO5S. The third-order valence-corrected chi connectivity index (χ3v) is 6.72. The van der Waals surface area contributed by atoms with Crippen LogP contribution in [0.1, 0.15) is 22.8 Å². The molecule has 1 saturated heterocycles. The highest BCUT2D eigenvalue weighted by Gasteiger charge is 2.44. The molecule has 158 valence electrons. The van der Waals surface area contributed by atoms with Crippen molar-refractivity contribution >= 4 is 34.1 Å². The molecule has 0 unspecified atom stereocenters. The molecule has 1 aliphatic rings. The maximum absolute atomic E-state index is 10.6. The van der Waals surface area contributed by atoms with Crippen molar-refractivity contribution < 1.29 is 25.2 Å². The van der Waals surface area contributed by atoms with E-state index in [1.807, 2.05) is 48.7 Å². The van der Waals surface area contributed by atoms with Gasteiger partial charge >= 0.3 is 0 Å². The Morgan fingerprint density at radius 2 is 1.57 bits per heavy atom. The predicted octanol–water partition coefficient (Wildman–Crippen LogP) is 3.28. The van der Waals surface area contributed by atoms with Gasteiger partial charge in [0, 0.05) is 10.3 Å². The zero-order valence-electron chi connectivity index (χ0n) is 16.3. The Labute approximate surface area is 183 Å². The molecule has 0 aliphatic carbocycles. The van der Waals surface area contributed by atoms with Crippen LogP contribution in [0.4, 0.5) is 0 Å². The van der Waals surface area contributed by atoms with E-state index in [1.165, 1.54) is 4.90 Å². The lowest BCUT2D eigenvalue weighted by Crippen LogP contribution is -2.54. The monoisotopic (exact) mass is 446 g/mol. The van der Waals surface area contributed by atoms with E-state index in [0.29, 0.717) is 17.0 Å². The highest BCUT2D eigenvalue weighted by Crippen LogP contribution is 2.39. The van der Waals surface area contributed by atoms with E-state index in [4.69, 9.17) is 16.3 Å². The average molecular weight is 447 g/mol. The van der Waals surface area contributed by atoms with Crippen molar-refractivity contribution in [2.75, 3.05) is 6.26 Å². The van der Waals surface area contributed by atoms with Crippen LogP contribution < -0.4 is 0 Å². The third-order valence-electron chi connectivity index (χ3n) is 5.53. The molecule has 5 atom stereocenters. The van der Waals surface area contributed by atoms with Crippen LogP contribution in [-0.4, -0.2) is 51.3 Å². The van der Waals surface area contributed by atoms with Crippen molar-refractivity contribution in [1.82, 2.24) is 0 Å². The van der Waals surface area contributed by atoms with Gasteiger partial charge in [-0.25, -0.2) is 0 Å².